The number of hydrazine groups is 1. The molecule has 0 N–H and O–H groups in total. The summed E-state index contributed by atoms with van der Waals surface area (Å²) in [5, 5.41) is 39.4. The van der Waals surface area contributed by atoms with E-state index < -0.39 is 36.5 Å². The van der Waals surface area contributed by atoms with Crippen LogP contribution in [0.25, 0.3) is 0 Å². The van der Waals surface area contributed by atoms with Gasteiger partial charge in [0.25, 0.3) is 0 Å². The van der Waals surface area contributed by atoms with E-state index in [0.29, 0.717) is 0 Å². The van der Waals surface area contributed by atoms with Crippen molar-refractivity contribution in [3.63, 3.8) is 0 Å². The first kappa shape index (κ1) is 12.0. The zero-order valence-electron chi connectivity index (χ0n) is 7.49. The van der Waals surface area contributed by atoms with Crippen LogP contribution in [0, 0.1) is 40.5 Å². The maximum absolute atomic E-state index is 10.6. The number of hydrogen-bond acceptors (Lipinski definition) is 9. The van der Waals surface area contributed by atoms with Gasteiger partial charge in [0, 0.05) is 0 Å². The Bertz CT molecular complexity index is 440. The van der Waals surface area contributed by atoms with Crippen molar-refractivity contribution in [3.05, 3.63) is 52.4 Å². The van der Waals surface area contributed by atoms with Crippen LogP contribution in [0.3, 0.4) is 0 Å². The third kappa shape index (κ3) is 1.34. The first-order valence-electron chi connectivity index (χ1n) is 3.51. The molecule has 1 aliphatic rings. The van der Waals surface area contributed by atoms with Crippen molar-refractivity contribution in [2.24, 2.45) is 0 Å². The quantitative estimate of drug-likeness (QED) is 0.331. The van der Waals surface area contributed by atoms with Gasteiger partial charge in [-0.15, -0.1) is 0 Å². The van der Waals surface area contributed by atoms with Crippen molar-refractivity contribution < 1.29 is 24.6 Å². The van der Waals surface area contributed by atoms with Crippen molar-refractivity contribution >= 4 is 0 Å². The molecule has 0 aliphatic carbocycles. The lowest BCUT2D eigenvalue weighted by Crippen LogP contribution is -2.61. The first-order valence-corrected chi connectivity index (χ1v) is 3.51. The zero-order chi connectivity index (χ0) is 13.4. The van der Waals surface area contributed by atoms with Gasteiger partial charge >= 0.3 is 11.5 Å². The average molecular weight is 251 g/mol. The van der Waals surface area contributed by atoms with Crippen LogP contribution in [0.4, 0.5) is 0 Å². The molecule has 0 aromatic carbocycles. The van der Waals surface area contributed by atoms with Crippen LogP contribution in [0.2, 0.25) is 0 Å². The van der Waals surface area contributed by atoms with Gasteiger partial charge in [-0.25, -0.2) is 10.1 Å². The smallest absolute Gasteiger partial charge is 0.317 e. The Morgan fingerprint density at radius 1 is 1.06 bits per heavy atom. The number of hydroxylamine groups is 1. The second kappa shape index (κ2) is 3.51. The summed E-state index contributed by atoms with van der Waals surface area (Å²) >= 11 is 0. The van der Waals surface area contributed by atoms with Crippen molar-refractivity contribution in [1.82, 2.24) is 5.17 Å². The molecule has 0 saturated heterocycles. The van der Waals surface area contributed by atoms with Gasteiger partial charge in [0.15, 0.2) is 0 Å². The van der Waals surface area contributed by atoms with E-state index in [2.05, 4.69) is 4.84 Å². The van der Waals surface area contributed by atoms with Gasteiger partial charge in [-0.1, -0.05) is 0 Å². The van der Waals surface area contributed by atoms with Crippen molar-refractivity contribution in [1.29, 1.82) is 0 Å². The molecule has 0 fully saturated rings. The van der Waals surface area contributed by atoms with Gasteiger partial charge in [0.2, 0.25) is 16.5 Å². The minimum Gasteiger partial charge on any atom is -0.317 e. The summed E-state index contributed by atoms with van der Waals surface area (Å²) in [4.78, 5) is 40.7. The molecule has 0 unspecified atom stereocenters. The topological polar surface area (TPSA) is 185 Å². The molecule has 0 spiro atoms. The van der Waals surface area contributed by atoms with Gasteiger partial charge in [-0.3, -0.25) is 30.3 Å². The molecule has 17 heavy (non-hydrogen) atoms. The predicted molar refractivity (Wildman–Crippen MR) is 41.7 cm³/mol. The Kier molecular flexibility index (Phi) is 2.48. The molecule has 0 atom stereocenters. The van der Waals surface area contributed by atoms with E-state index >= 15 is 0 Å². The van der Waals surface area contributed by atoms with Crippen molar-refractivity contribution in [2.75, 3.05) is 0 Å². The lowest BCUT2D eigenvalue weighted by atomic mass is 10.3. The molecule has 0 amide bonds. The lowest BCUT2D eigenvalue weighted by Gasteiger charge is -2.11. The van der Waals surface area contributed by atoms with E-state index in [0.717, 1.165) is 0 Å². The summed E-state index contributed by atoms with van der Waals surface area (Å²) in [6.45, 7) is 0. The van der Waals surface area contributed by atoms with Crippen LogP contribution in [0.15, 0.2) is 12.0 Å². The SMILES string of the molecule is O=[N+]([O-])C1=CON([N+](=O)[O-])C1([N+](=O)[O-])[N+](=O)[O-]. The van der Waals surface area contributed by atoms with E-state index in [1.54, 1.807) is 0 Å². The zero-order valence-corrected chi connectivity index (χ0v) is 7.49. The van der Waals surface area contributed by atoms with E-state index in [1.807, 2.05) is 0 Å². The Labute approximate surface area is 89.2 Å². The summed E-state index contributed by atoms with van der Waals surface area (Å²) in [7, 11) is 0. The monoisotopic (exact) mass is 251 g/mol. The molecule has 14 heteroatoms. The molecule has 0 aromatic heterocycles. The third-order valence-electron chi connectivity index (χ3n) is 1.73. The number of nitro groups is 4. The summed E-state index contributed by atoms with van der Waals surface area (Å²) in [6.07, 6.45) is -0.0333. The lowest BCUT2D eigenvalue weighted by molar-refractivity contribution is -0.923. The van der Waals surface area contributed by atoms with E-state index in [1.165, 1.54) is 0 Å². The molecule has 1 aliphatic heterocycles. The Morgan fingerprint density at radius 3 is 1.82 bits per heavy atom. The van der Waals surface area contributed by atoms with Crippen LogP contribution in [-0.2, 0) is 4.84 Å². The molecule has 14 nitrogen and oxygen atoms in total. The van der Waals surface area contributed by atoms with Gasteiger partial charge in [0.1, 0.15) is 9.85 Å². The molecule has 1 heterocycles. The summed E-state index contributed by atoms with van der Waals surface area (Å²) < 4.78 is 0. The Morgan fingerprint density at radius 2 is 1.53 bits per heavy atom. The maximum Gasteiger partial charge on any atom is 0.719 e. The van der Waals surface area contributed by atoms with E-state index in [-0.39, 0.29) is 6.26 Å². The second-order valence-corrected chi connectivity index (χ2v) is 2.53. The predicted octanol–water partition coefficient (Wildman–Crippen LogP) is -1.25. The largest absolute Gasteiger partial charge is 0.719 e. The van der Waals surface area contributed by atoms with Gasteiger partial charge in [-0.05, 0) is 0 Å². The number of rotatable bonds is 4. The van der Waals surface area contributed by atoms with Crippen molar-refractivity contribution in [3.8, 4) is 0 Å². The molecular weight excluding hydrogens is 250 g/mol. The average Bonchev–Trinajstić information content (AvgIpc) is 2.57. The molecular formula is C3HN5O9. The highest BCUT2D eigenvalue weighted by molar-refractivity contribution is 5.01. The summed E-state index contributed by atoms with van der Waals surface area (Å²) in [5.41, 5.74) is -1.68. The van der Waals surface area contributed by atoms with Crippen molar-refractivity contribution in [2.45, 2.75) is 5.79 Å². The fourth-order valence-corrected chi connectivity index (χ4v) is 1.06. The van der Waals surface area contributed by atoms with E-state index in [4.69, 9.17) is 0 Å². The molecule has 1 rings (SSSR count). The fourth-order valence-electron chi connectivity index (χ4n) is 1.06. The molecule has 0 aromatic rings. The standard InChI is InChI=1S/C3HN5O9/c9-4(10)2-1-17-5(8(15)16)3(2,6(11)12)7(13)14/h1H. The highest BCUT2D eigenvalue weighted by atomic mass is 16.9. The fraction of sp³-hybridized carbons (Fsp3) is 0.333. The second-order valence-electron chi connectivity index (χ2n) is 2.53. The minimum absolute atomic E-state index is 0.0333. The highest BCUT2D eigenvalue weighted by Crippen LogP contribution is 2.32. The van der Waals surface area contributed by atoms with Crippen LogP contribution in [0.1, 0.15) is 0 Å². The Balaban J connectivity index is 3.49. The molecule has 0 radical (unpaired) electrons. The van der Waals surface area contributed by atoms with Crippen LogP contribution < -0.4 is 0 Å². The highest BCUT2D eigenvalue weighted by Gasteiger charge is 2.84. The van der Waals surface area contributed by atoms with Gasteiger partial charge < -0.3 is 4.84 Å². The number of hydrogen-bond donors (Lipinski definition) is 0. The Hall–Kier alpha value is -3.06. The van der Waals surface area contributed by atoms with Crippen LogP contribution >= 0.6 is 0 Å². The minimum atomic E-state index is -3.91. The number of nitrogens with zero attached hydrogens (tertiary/aromatic N) is 5. The first-order chi connectivity index (χ1) is 7.76. The molecule has 92 valence electrons. The normalized spacial score (nSPS) is 16.9. The molecule has 0 bridgehead atoms. The summed E-state index contributed by atoms with van der Waals surface area (Å²) in [6, 6.07) is 0. The van der Waals surface area contributed by atoms with Crippen LogP contribution in [-0.4, -0.2) is 30.8 Å². The summed E-state index contributed by atoms with van der Waals surface area (Å²) in [5.74, 6) is -3.91. The van der Waals surface area contributed by atoms with Gasteiger partial charge in [-0.2, -0.15) is 0 Å². The maximum atomic E-state index is 10.6. The third-order valence-corrected chi connectivity index (χ3v) is 1.73. The van der Waals surface area contributed by atoms with Crippen LogP contribution in [0.5, 0.6) is 0 Å². The van der Waals surface area contributed by atoms with Gasteiger partial charge in [0.05, 0.1) is 4.92 Å². The van der Waals surface area contributed by atoms with E-state index in [9.17, 15) is 40.5 Å². The molecule has 0 saturated carbocycles.